The number of aliphatic hydroxyl groups excluding tert-OH is 1. The minimum absolute atomic E-state index is 0.0164. The van der Waals surface area contributed by atoms with Crippen LogP contribution in [0.3, 0.4) is 0 Å². The van der Waals surface area contributed by atoms with Gasteiger partial charge in [-0.3, -0.25) is 20.2 Å². The van der Waals surface area contributed by atoms with Crippen LogP contribution >= 0.6 is 23.2 Å². The highest BCUT2D eigenvalue weighted by Gasteiger charge is 2.55. The van der Waals surface area contributed by atoms with E-state index in [0.29, 0.717) is 54.9 Å². The van der Waals surface area contributed by atoms with E-state index in [-0.39, 0.29) is 48.9 Å². The summed E-state index contributed by atoms with van der Waals surface area (Å²) in [6.07, 6.45) is -2.03. The minimum atomic E-state index is -4.63. The van der Waals surface area contributed by atoms with Crippen LogP contribution in [0.25, 0.3) is 0 Å². The van der Waals surface area contributed by atoms with Crippen LogP contribution in [-0.4, -0.2) is 67.3 Å². The maximum atomic E-state index is 15.0. The molecule has 2 amide bonds. The van der Waals surface area contributed by atoms with Gasteiger partial charge < -0.3 is 25.4 Å². The lowest BCUT2D eigenvalue weighted by atomic mass is 9.93. The normalized spacial score (nSPS) is 21.6. The van der Waals surface area contributed by atoms with Crippen molar-refractivity contribution in [1.82, 2.24) is 26.2 Å². The Kier molecular flexibility index (Phi) is 13.5. The van der Waals surface area contributed by atoms with Crippen LogP contribution in [0.2, 0.25) is 10.0 Å². The van der Waals surface area contributed by atoms with Gasteiger partial charge in [0.15, 0.2) is 5.66 Å². The fourth-order valence-corrected chi connectivity index (χ4v) is 7.14. The molecule has 3 unspecified atom stereocenters. The number of amides is 2. The number of nitrogens with one attached hydrogen (secondary N) is 4. The zero-order chi connectivity index (χ0) is 37.5. The molecule has 3 aromatic rings. The molecule has 0 aromatic heterocycles. The Morgan fingerprint density at radius 2 is 1.54 bits per heavy atom. The third-order valence-corrected chi connectivity index (χ3v) is 10.3. The number of hydrogen-bond acceptors (Lipinski definition) is 7. The minimum Gasteiger partial charge on any atom is -0.493 e. The summed E-state index contributed by atoms with van der Waals surface area (Å²) >= 11 is 12.5. The number of benzene rings is 3. The van der Waals surface area contributed by atoms with Crippen LogP contribution in [0.15, 0.2) is 66.7 Å². The topological polar surface area (TPSA) is 115 Å². The molecule has 9 nitrogen and oxygen atoms in total. The van der Waals surface area contributed by atoms with E-state index in [4.69, 9.17) is 33.0 Å². The van der Waals surface area contributed by atoms with Gasteiger partial charge in [-0.15, -0.1) is 0 Å². The number of hydrogen-bond donors (Lipinski definition) is 5. The van der Waals surface area contributed by atoms with Crippen molar-refractivity contribution in [1.29, 1.82) is 0 Å². The Hall–Kier alpha value is -3.39. The van der Waals surface area contributed by atoms with Gasteiger partial charge in [0, 0.05) is 47.9 Å². The maximum Gasteiger partial charge on any atom is 0.416 e. The van der Waals surface area contributed by atoms with Crippen molar-refractivity contribution in [2.45, 2.75) is 69.5 Å². The average Bonchev–Trinajstić information content (AvgIpc) is 3.53. The number of aliphatic hydroxyl groups is 1. The molecule has 0 radical (unpaired) electrons. The van der Waals surface area contributed by atoms with Crippen molar-refractivity contribution in [2.75, 3.05) is 39.4 Å². The first-order valence-corrected chi connectivity index (χ1v) is 18.4. The monoisotopic (exact) mass is 763 g/mol. The highest BCUT2D eigenvalue weighted by molar-refractivity contribution is 6.30. The molecule has 2 saturated heterocycles. The molecule has 3 atom stereocenters. The quantitative estimate of drug-likeness (QED) is 0.130. The van der Waals surface area contributed by atoms with Crippen molar-refractivity contribution in [3.63, 3.8) is 0 Å². The largest absolute Gasteiger partial charge is 0.493 e. The molecule has 2 aliphatic rings. The highest BCUT2D eigenvalue weighted by Crippen LogP contribution is 2.46. The van der Waals surface area contributed by atoms with Gasteiger partial charge >= 0.3 is 6.18 Å². The molecule has 282 valence electrons. The zero-order valence-corrected chi connectivity index (χ0v) is 30.8. The first-order valence-electron chi connectivity index (χ1n) is 17.7. The van der Waals surface area contributed by atoms with Gasteiger partial charge in [-0.2, -0.15) is 13.2 Å². The predicted octanol–water partition coefficient (Wildman–Crippen LogP) is 6.34. The van der Waals surface area contributed by atoms with Gasteiger partial charge in [0.1, 0.15) is 5.75 Å². The second-order valence-electron chi connectivity index (χ2n) is 13.4. The fourth-order valence-electron chi connectivity index (χ4n) is 6.89. The zero-order valence-electron chi connectivity index (χ0n) is 29.2. The lowest BCUT2D eigenvalue weighted by Crippen LogP contribution is -2.61. The van der Waals surface area contributed by atoms with Gasteiger partial charge in [0.05, 0.1) is 30.8 Å². The van der Waals surface area contributed by atoms with Gasteiger partial charge in [-0.05, 0) is 86.1 Å². The molecule has 0 spiro atoms. The maximum absolute atomic E-state index is 15.0. The Morgan fingerprint density at radius 3 is 2.06 bits per heavy atom. The van der Waals surface area contributed by atoms with Crippen molar-refractivity contribution >= 4 is 35.0 Å². The number of alkyl halides is 3. The summed E-state index contributed by atoms with van der Waals surface area (Å²) in [7, 11) is 0. The first kappa shape index (κ1) is 39.8. The van der Waals surface area contributed by atoms with E-state index >= 15 is 0 Å². The fraction of sp³-hybridized carbons (Fsp3) is 0.474. The van der Waals surface area contributed by atoms with E-state index in [0.717, 1.165) is 29.7 Å². The molecule has 0 bridgehead atoms. The van der Waals surface area contributed by atoms with Crippen molar-refractivity contribution in [3.05, 3.63) is 99.0 Å². The van der Waals surface area contributed by atoms with Gasteiger partial charge in [0.25, 0.3) is 5.91 Å². The third kappa shape index (κ3) is 9.58. The summed E-state index contributed by atoms with van der Waals surface area (Å²) < 4.78 is 47.7. The molecular weight excluding hydrogens is 718 g/mol. The number of carbonyl (C=O) groups is 2. The summed E-state index contributed by atoms with van der Waals surface area (Å²) in [4.78, 5) is 29.2. The summed E-state index contributed by atoms with van der Waals surface area (Å²) in [6.45, 7) is 5.26. The van der Waals surface area contributed by atoms with Crippen molar-refractivity contribution in [2.24, 2.45) is 5.92 Å². The molecule has 0 aliphatic carbocycles. The Balaban J connectivity index is 1.43. The number of ether oxygens (including phenoxy) is 1. The molecule has 2 fully saturated rings. The van der Waals surface area contributed by atoms with E-state index < -0.39 is 29.5 Å². The van der Waals surface area contributed by atoms with E-state index in [9.17, 15) is 22.8 Å². The molecule has 5 rings (SSSR count). The average molecular weight is 765 g/mol. The third-order valence-electron chi connectivity index (χ3n) is 9.78. The lowest BCUT2D eigenvalue weighted by molar-refractivity contribution is -0.141. The number of halogens is 5. The number of nitrogens with zero attached hydrogens (tertiary/aromatic N) is 1. The molecule has 2 aliphatic heterocycles. The number of piperidine rings is 1. The van der Waals surface area contributed by atoms with Gasteiger partial charge in [-0.1, -0.05) is 60.5 Å². The highest BCUT2D eigenvalue weighted by atomic mass is 35.5. The first-order chi connectivity index (χ1) is 24.8. The van der Waals surface area contributed by atoms with E-state index in [1.165, 1.54) is 6.07 Å². The number of carbonyl (C=O) groups excluding carboxylic acids is 2. The second kappa shape index (κ2) is 17.6. The summed E-state index contributed by atoms with van der Waals surface area (Å²) in [5.41, 5.74) is -0.746. The molecular formula is C38H46Cl2F3N5O4. The summed E-state index contributed by atoms with van der Waals surface area (Å²) in [5.74, 6) is -0.245. The number of rotatable bonds is 14. The number of likely N-dealkylation sites (tertiary alicyclic amines) is 1. The van der Waals surface area contributed by atoms with Crippen LogP contribution in [0.1, 0.15) is 73.9 Å². The Morgan fingerprint density at radius 1 is 0.962 bits per heavy atom. The summed E-state index contributed by atoms with van der Waals surface area (Å²) in [5, 5.41) is 23.4. The second-order valence-corrected chi connectivity index (χ2v) is 14.3. The molecule has 5 N–H and O–H groups in total. The van der Waals surface area contributed by atoms with Gasteiger partial charge in [0.2, 0.25) is 5.91 Å². The van der Waals surface area contributed by atoms with Crippen LogP contribution in [0.5, 0.6) is 5.75 Å². The smallest absolute Gasteiger partial charge is 0.416 e. The Labute approximate surface area is 312 Å². The van der Waals surface area contributed by atoms with Crippen LogP contribution in [-0.2, 0) is 21.4 Å². The standard InChI is InChI=1S/C38H46Cl2F3N5O4/c1-3-52-32-22-27(38(41,42)43)8-13-31(32)37(36(51)48-19-15-30(16-20-48)45-23-33(50)44-18-14-24(2)17-21-49)46-34(25-4-9-28(39)10-5-25)35(47-37)26-6-11-29(40)12-7-26/h4-13,22,24,30,34-35,45-47,49H,3,14-21,23H2,1-2H3,(H,44,50). The van der Waals surface area contributed by atoms with E-state index in [1.807, 2.05) is 31.2 Å². The summed E-state index contributed by atoms with van der Waals surface area (Å²) in [6, 6.07) is 16.6. The SMILES string of the molecule is CCOc1cc(C(F)(F)F)ccc1C1(C(=O)N2CCC(NCC(=O)NCCC(C)CCO)CC2)NC(c2ccc(Cl)cc2)C(c2ccc(Cl)cc2)N1. The molecule has 0 saturated carbocycles. The van der Waals surface area contributed by atoms with Crippen molar-refractivity contribution in [3.8, 4) is 5.75 Å². The molecule has 2 heterocycles. The molecule has 14 heteroatoms. The molecule has 3 aromatic carbocycles. The van der Waals surface area contributed by atoms with Crippen LogP contribution in [0.4, 0.5) is 13.2 Å². The van der Waals surface area contributed by atoms with Gasteiger partial charge in [-0.25, -0.2) is 0 Å². The molecule has 52 heavy (non-hydrogen) atoms. The van der Waals surface area contributed by atoms with E-state index in [2.05, 4.69) is 21.3 Å². The van der Waals surface area contributed by atoms with Crippen LogP contribution < -0.4 is 26.0 Å². The van der Waals surface area contributed by atoms with Crippen molar-refractivity contribution < 1.29 is 32.6 Å². The van der Waals surface area contributed by atoms with E-state index in [1.54, 1.807) is 36.1 Å². The Bertz CT molecular complexity index is 1600. The predicted molar refractivity (Wildman–Crippen MR) is 195 cm³/mol. The van der Waals surface area contributed by atoms with Crippen LogP contribution in [0, 0.1) is 5.92 Å². The lowest BCUT2D eigenvalue weighted by Gasteiger charge is -2.40.